The SMILES string of the molecule is COC(=O)CCCC[C@@H]1C[C@@H]2[C@@H](C=C[C@@H](O)CCC=C(C)C)[C@H](O)C[C@@H]2O1. The summed E-state index contributed by atoms with van der Waals surface area (Å²) in [4.78, 5) is 11.2. The zero-order valence-corrected chi connectivity index (χ0v) is 17.0. The number of aliphatic hydroxyl groups is 2. The third-order valence-electron chi connectivity index (χ3n) is 5.75. The number of fused-ring (bicyclic) bond motifs is 1. The third-order valence-corrected chi connectivity index (χ3v) is 5.75. The molecule has 2 fully saturated rings. The predicted molar refractivity (Wildman–Crippen MR) is 105 cm³/mol. The van der Waals surface area contributed by atoms with Gasteiger partial charge in [-0.25, -0.2) is 0 Å². The van der Waals surface area contributed by atoms with E-state index in [-0.39, 0.29) is 30.2 Å². The summed E-state index contributed by atoms with van der Waals surface area (Å²) in [6.45, 7) is 4.12. The Morgan fingerprint density at radius 2 is 2.07 bits per heavy atom. The fraction of sp³-hybridized carbons (Fsp3) is 0.773. The molecule has 0 spiro atoms. The summed E-state index contributed by atoms with van der Waals surface area (Å²) in [5, 5.41) is 20.5. The van der Waals surface area contributed by atoms with E-state index in [1.54, 1.807) is 0 Å². The molecule has 154 valence electrons. The van der Waals surface area contributed by atoms with Crippen LogP contribution in [0.4, 0.5) is 0 Å². The second-order valence-corrected chi connectivity index (χ2v) is 8.21. The second-order valence-electron chi connectivity index (χ2n) is 8.21. The van der Waals surface area contributed by atoms with Gasteiger partial charge in [-0.3, -0.25) is 4.79 Å². The highest BCUT2D eigenvalue weighted by atomic mass is 16.5. The Hall–Kier alpha value is -1.17. The van der Waals surface area contributed by atoms with E-state index >= 15 is 0 Å². The van der Waals surface area contributed by atoms with E-state index in [1.165, 1.54) is 12.7 Å². The van der Waals surface area contributed by atoms with Crippen molar-refractivity contribution in [2.45, 2.75) is 89.6 Å². The van der Waals surface area contributed by atoms with Gasteiger partial charge in [0.15, 0.2) is 0 Å². The first-order valence-electron chi connectivity index (χ1n) is 10.3. The second kappa shape index (κ2) is 11.0. The molecule has 0 unspecified atom stereocenters. The molecule has 27 heavy (non-hydrogen) atoms. The summed E-state index contributed by atoms with van der Waals surface area (Å²) in [6, 6.07) is 0. The van der Waals surface area contributed by atoms with Crippen LogP contribution in [0.2, 0.25) is 0 Å². The Morgan fingerprint density at radius 1 is 1.30 bits per heavy atom. The summed E-state index contributed by atoms with van der Waals surface area (Å²) in [7, 11) is 1.42. The Labute approximate surface area is 163 Å². The van der Waals surface area contributed by atoms with E-state index in [9.17, 15) is 15.0 Å². The molecule has 0 aromatic rings. The maximum atomic E-state index is 11.2. The minimum Gasteiger partial charge on any atom is -0.469 e. The van der Waals surface area contributed by atoms with Crippen LogP contribution in [0.3, 0.4) is 0 Å². The molecule has 0 amide bonds. The lowest BCUT2D eigenvalue weighted by molar-refractivity contribution is -0.140. The van der Waals surface area contributed by atoms with Crippen LogP contribution in [-0.4, -0.2) is 47.7 Å². The van der Waals surface area contributed by atoms with Crippen molar-refractivity contribution in [3.8, 4) is 0 Å². The van der Waals surface area contributed by atoms with Gasteiger partial charge in [0, 0.05) is 18.8 Å². The Bertz CT molecular complexity index is 523. The van der Waals surface area contributed by atoms with E-state index in [2.05, 4.69) is 24.7 Å². The quantitative estimate of drug-likeness (QED) is 0.344. The Balaban J connectivity index is 1.76. The van der Waals surface area contributed by atoms with Crippen LogP contribution in [0.25, 0.3) is 0 Å². The average molecular weight is 381 g/mol. The summed E-state index contributed by atoms with van der Waals surface area (Å²) < 4.78 is 10.8. The topological polar surface area (TPSA) is 76.0 Å². The lowest BCUT2D eigenvalue weighted by atomic mass is 9.89. The van der Waals surface area contributed by atoms with E-state index < -0.39 is 6.10 Å². The molecule has 1 aliphatic carbocycles. The molecule has 0 aromatic carbocycles. The molecule has 2 rings (SSSR count). The summed E-state index contributed by atoms with van der Waals surface area (Å²) in [6.07, 6.45) is 11.8. The first-order valence-corrected chi connectivity index (χ1v) is 10.3. The minimum absolute atomic E-state index is 0.0631. The van der Waals surface area contributed by atoms with Crippen molar-refractivity contribution in [1.29, 1.82) is 0 Å². The number of methoxy groups -OCH3 is 1. The highest BCUT2D eigenvalue weighted by Crippen LogP contribution is 2.45. The van der Waals surface area contributed by atoms with Crippen molar-refractivity contribution in [3.63, 3.8) is 0 Å². The van der Waals surface area contributed by atoms with Crippen molar-refractivity contribution < 1.29 is 24.5 Å². The van der Waals surface area contributed by atoms with Crippen molar-refractivity contribution in [2.75, 3.05) is 7.11 Å². The molecule has 1 aliphatic heterocycles. The number of rotatable bonds is 10. The van der Waals surface area contributed by atoms with E-state index in [0.717, 1.165) is 32.1 Å². The van der Waals surface area contributed by atoms with Gasteiger partial charge in [0.2, 0.25) is 0 Å². The van der Waals surface area contributed by atoms with Gasteiger partial charge < -0.3 is 19.7 Å². The number of allylic oxidation sites excluding steroid dienone is 2. The van der Waals surface area contributed by atoms with Gasteiger partial charge in [0.1, 0.15) is 0 Å². The number of hydrogen-bond acceptors (Lipinski definition) is 5. The van der Waals surface area contributed by atoms with Gasteiger partial charge in [-0.2, -0.15) is 0 Å². The number of unbranched alkanes of at least 4 members (excludes halogenated alkanes) is 1. The van der Waals surface area contributed by atoms with E-state index in [1.807, 2.05) is 12.2 Å². The molecule has 6 atom stereocenters. The first-order chi connectivity index (χ1) is 12.9. The van der Waals surface area contributed by atoms with Gasteiger partial charge in [0.25, 0.3) is 0 Å². The van der Waals surface area contributed by atoms with Gasteiger partial charge in [0.05, 0.1) is 31.5 Å². The lowest BCUT2D eigenvalue weighted by Gasteiger charge is -2.18. The molecular weight excluding hydrogens is 344 g/mol. The molecule has 5 nitrogen and oxygen atoms in total. The standard InChI is InChI=1S/C22H36O5/c1-15(2)7-6-8-16(23)11-12-18-19-13-17(27-21(19)14-20(18)24)9-4-5-10-22(25)26-3/h7,11-12,16-21,23-24H,4-6,8-10,13-14H2,1-3H3/t16-,17+,18+,19+,20+,21-/m0/s1. The molecule has 0 bridgehead atoms. The average Bonchev–Trinajstić information content (AvgIpc) is 3.12. The van der Waals surface area contributed by atoms with Crippen molar-refractivity contribution in [2.24, 2.45) is 11.8 Å². The number of ether oxygens (including phenoxy) is 2. The van der Waals surface area contributed by atoms with Gasteiger partial charge in [-0.1, -0.05) is 30.2 Å². The summed E-state index contributed by atoms with van der Waals surface area (Å²) in [5.41, 5.74) is 1.26. The fourth-order valence-electron chi connectivity index (χ4n) is 4.27. The monoisotopic (exact) mass is 380 g/mol. The fourth-order valence-corrected chi connectivity index (χ4v) is 4.27. The van der Waals surface area contributed by atoms with Crippen molar-refractivity contribution in [3.05, 3.63) is 23.8 Å². The molecule has 0 aromatic heterocycles. The van der Waals surface area contributed by atoms with Crippen LogP contribution in [0.15, 0.2) is 23.8 Å². The highest BCUT2D eigenvalue weighted by Gasteiger charge is 2.47. The molecule has 1 saturated carbocycles. The normalized spacial score (nSPS) is 31.1. The Kier molecular flexibility index (Phi) is 9.00. The van der Waals surface area contributed by atoms with Crippen LogP contribution in [0.1, 0.15) is 65.2 Å². The molecule has 0 radical (unpaired) electrons. The number of esters is 1. The van der Waals surface area contributed by atoms with Crippen LogP contribution in [0.5, 0.6) is 0 Å². The first kappa shape index (κ1) is 22.1. The molecule has 1 saturated heterocycles. The zero-order valence-electron chi connectivity index (χ0n) is 17.0. The van der Waals surface area contributed by atoms with Gasteiger partial charge in [-0.15, -0.1) is 0 Å². The Morgan fingerprint density at radius 3 is 2.78 bits per heavy atom. The third kappa shape index (κ3) is 7.05. The van der Waals surface area contributed by atoms with Crippen LogP contribution >= 0.6 is 0 Å². The van der Waals surface area contributed by atoms with E-state index in [0.29, 0.717) is 25.2 Å². The predicted octanol–water partition coefficient (Wildman–Crippen LogP) is 3.54. The number of hydrogen-bond donors (Lipinski definition) is 2. The van der Waals surface area contributed by atoms with Crippen LogP contribution in [-0.2, 0) is 14.3 Å². The molecule has 5 heteroatoms. The van der Waals surface area contributed by atoms with Crippen LogP contribution < -0.4 is 0 Å². The van der Waals surface area contributed by atoms with Crippen LogP contribution in [0, 0.1) is 11.8 Å². The van der Waals surface area contributed by atoms with Crippen molar-refractivity contribution in [1.82, 2.24) is 0 Å². The highest BCUT2D eigenvalue weighted by molar-refractivity contribution is 5.68. The van der Waals surface area contributed by atoms with Gasteiger partial charge >= 0.3 is 5.97 Å². The largest absolute Gasteiger partial charge is 0.469 e. The molecule has 1 heterocycles. The minimum atomic E-state index is -0.469. The smallest absolute Gasteiger partial charge is 0.305 e. The maximum absolute atomic E-state index is 11.2. The number of aliphatic hydroxyl groups excluding tert-OH is 2. The molecule has 2 N–H and O–H groups in total. The van der Waals surface area contributed by atoms with E-state index in [4.69, 9.17) is 4.74 Å². The maximum Gasteiger partial charge on any atom is 0.305 e. The molecular formula is C22H36O5. The number of carbonyl (C=O) groups excluding carboxylic acids is 1. The number of carbonyl (C=O) groups is 1. The zero-order chi connectivity index (χ0) is 19.8. The van der Waals surface area contributed by atoms with Gasteiger partial charge in [-0.05, 0) is 51.9 Å². The lowest BCUT2D eigenvalue weighted by Crippen LogP contribution is -2.19. The molecule has 2 aliphatic rings. The summed E-state index contributed by atoms with van der Waals surface area (Å²) in [5.74, 6) is 0.232. The summed E-state index contributed by atoms with van der Waals surface area (Å²) >= 11 is 0. The van der Waals surface area contributed by atoms with Crippen molar-refractivity contribution >= 4 is 5.97 Å².